The van der Waals surface area contributed by atoms with Crippen LogP contribution in [0.25, 0.3) is 0 Å². The van der Waals surface area contributed by atoms with Crippen LogP contribution in [0.3, 0.4) is 0 Å². The molecule has 3 aliphatic carbocycles. The van der Waals surface area contributed by atoms with E-state index in [-0.39, 0.29) is 12.1 Å². The highest BCUT2D eigenvalue weighted by atomic mass is 16.5. The van der Waals surface area contributed by atoms with Crippen LogP contribution in [0.15, 0.2) is 12.7 Å². The van der Waals surface area contributed by atoms with Crippen LogP contribution < -0.4 is 5.32 Å². The van der Waals surface area contributed by atoms with Crippen molar-refractivity contribution in [3.05, 3.63) is 12.7 Å². The van der Waals surface area contributed by atoms with Gasteiger partial charge in [0.15, 0.2) is 0 Å². The zero-order chi connectivity index (χ0) is 17.6. The molecule has 0 spiro atoms. The van der Waals surface area contributed by atoms with E-state index >= 15 is 0 Å². The molecule has 0 aromatic heterocycles. The lowest BCUT2D eigenvalue weighted by Gasteiger charge is -2.27. The van der Waals surface area contributed by atoms with Crippen LogP contribution in [-0.4, -0.2) is 31.8 Å². The third kappa shape index (κ3) is 4.99. The number of esters is 1. The third-order valence-corrected chi connectivity index (χ3v) is 6.55. The molecule has 3 aliphatic rings. The van der Waals surface area contributed by atoms with Crippen molar-refractivity contribution < 1.29 is 19.1 Å². The van der Waals surface area contributed by atoms with Crippen molar-refractivity contribution in [2.24, 2.45) is 29.6 Å². The van der Waals surface area contributed by atoms with E-state index in [1.807, 2.05) is 0 Å². The number of rotatable bonds is 7. The minimum atomic E-state index is -0.349. The first-order valence-corrected chi connectivity index (χ1v) is 9.85. The number of hydrogen-bond donors (Lipinski definition) is 1. The van der Waals surface area contributed by atoms with Crippen LogP contribution in [0.1, 0.15) is 51.4 Å². The molecule has 25 heavy (non-hydrogen) atoms. The van der Waals surface area contributed by atoms with E-state index in [2.05, 4.69) is 11.9 Å². The molecule has 0 atom stereocenters. The molecule has 0 aromatic rings. The average Bonchev–Trinajstić information content (AvgIpc) is 3.22. The summed E-state index contributed by atoms with van der Waals surface area (Å²) in [6, 6.07) is 0. The predicted molar refractivity (Wildman–Crippen MR) is 94.9 cm³/mol. The third-order valence-electron chi connectivity index (χ3n) is 6.55. The smallest absolute Gasteiger partial charge is 0.407 e. The molecule has 3 fully saturated rings. The van der Waals surface area contributed by atoms with Gasteiger partial charge in [-0.25, -0.2) is 9.59 Å². The molecule has 2 bridgehead atoms. The van der Waals surface area contributed by atoms with Gasteiger partial charge in [0, 0.05) is 12.6 Å². The monoisotopic (exact) mass is 349 g/mol. The van der Waals surface area contributed by atoms with Crippen molar-refractivity contribution in [2.45, 2.75) is 51.4 Å². The summed E-state index contributed by atoms with van der Waals surface area (Å²) in [4.78, 5) is 23.0. The van der Waals surface area contributed by atoms with E-state index in [9.17, 15) is 9.59 Å². The lowest BCUT2D eigenvalue weighted by atomic mass is 9.83. The summed E-state index contributed by atoms with van der Waals surface area (Å²) in [5.41, 5.74) is 0. The van der Waals surface area contributed by atoms with E-state index in [4.69, 9.17) is 9.47 Å². The molecule has 140 valence electrons. The Morgan fingerprint density at radius 2 is 1.40 bits per heavy atom. The predicted octanol–water partition coefficient (Wildman–Crippen LogP) is 3.68. The molecule has 0 heterocycles. The van der Waals surface area contributed by atoms with Crippen LogP contribution in [0, 0.1) is 29.6 Å². The topological polar surface area (TPSA) is 64.6 Å². The maximum absolute atomic E-state index is 12.0. The summed E-state index contributed by atoms with van der Waals surface area (Å²) >= 11 is 0. The second kappa shape index (κ2) is 8.72. The first-order chi connectivity index (χ1) is 12.2. The number of fused-ring (bicyclic) bond motifs is 2. The molecule has 5 heteroatoms. The standard InChI is InChI=1S/C20H31NO4/c1-2-19(22)24-12-14-3-5-15(6-4-14)13-25-20(23)21-11-18-16-7-8-17(18)10-9-16/h2,14-18H,1,3-13H2,(H,21,23). The lowest BCUT2D eigenvalue weighted by molar-refractivity contribution is -0.139. The number of nitrogens with one attached hydrogen (secondary N) is 1. The van der Waals surface area contributed by atoms with E-state index in [1.54, 1.807) is 0 Å². The fourth-order valence-electron chi connectivity index (χ4n) is 4.99. The normalized spacial score (nSPS) is 33.7. The summed E-state index contributed by atoms with van der Waals surface area (Å²) < 4.78 is 10.5. The lowest BCUT2D eigenvalue weighted by Crippen LogP contribution is -2.33. The quantitative estimate of drug-likeness (QED) is 0.562. The van der Waals surface area contributed by atoms with E-state index < -0.39 is 0 Å². The van der Waals surface area contributed by atoms with E-state index in [0.29, 0.717) is 31.0 Å². The van der Waals surface area contributed by atoms with Crippen LogP contribution in [-0.2, 0) is 14.3 Å². The highest BCUT2D eigenvalue weighted by Crippen LogP contribution is 2.48. The van der Waals surface area contributed by atoms with E-state index in [0.717, 1.165) is 44.1 Å². The molecule has 5 nitrogen and oxygen atoms in total. The maximum Gasteiger partial charge on any atom is 0.407 e. The zero-order valence-electron chi connectivity index (χ0n) is 15.1. The van der Waals surface area contributed by atoms with Gasteiger partial charge in [-0.1, -0.05) is 6.58 Å². The van der Waals surface area contributed by atoms with Crippen molar-refractivity contribution in [3.8, 4) is 0 Å². The summed E-state index contributed by atoms with van der Waals surface area (Å²) in [7, 11) is 0. The molecule has 1 amide bonds. The SMILES string of the molecule is C=CC(=O)OCC1CCC(COC(=O)NCC2C3CCC2CC3)CC1. The van der Waals surface area contributed by atoms with Gasteiger partial charge in [-0.2, -0.15) is 0 Å². The Morgan fingerprint density at radius 3 is 1.92 bits per heavy atom. The number of ether oxygens (including phenoxy) is 2. The Morgan fingerprint density at radius 1 is 0.880 bits per heavy atom. The Bertz CT molecular complexity index is 464. The number of carbonyl (C=O) groups is 2. The van der Waals surface area contributed by atoms with Crippen molar-refractivity contribution in [2.75, 3.05) is 19.8 Å². The molecule has 3 rings (SSSR count). The molecular formula is C20H31NO4. The number of amides is 1. The van der Waals surface area contributed by atoms with Gasteiger partial charge in [0.1, 0.15) is 0 Å². The van der Waals surface area contributed by atoms with Gasteiger partial charge in [-0.15, -0.1) is 0 Å². The Hall–Kier alpha value is -1.52. The first-order valence-electron chi connectivity index (χ1n) is 9.85. The van der Waals surface area contributed by atoms with Crippen molar-refractivity contribution in [3.63, 3.8) is 0 Å². The highest BCUT2D eigenvalue weighted by molar-refractivity contribution is 5.81. The first kappa shape index (κ1) is 18.3. The molecule has 0 radical (unpaired) electrons. The Balaban J connectivity index is 1.26. The molecular weight excluding hydrogens is 318 g/mol. The van der Waals surface area contributed by atoms with Crippen molar-refractivity contribution >= 4 is 12.1 Å². The number of alkyl carbamates (subject to hydrolysis) is 1. The van der Waals surface area contributed by atoms with E-state index in [1.165, 1.54) is 31.8 Å². The molecule has 0 unspecified atom stereocenters. The van der Waals surface area contributed by atoms with Crippen LogP contribution in [0.5, 0.6) is 0 Å². The van der Waals surface area contributed by atoms with Gasteiger partial charge in [-0.05, 0) is 81.0 Å². The minimum Gasteiger partial charge on any atom is -0.462 e. The minimum absolute atomic E-state index is 0.256. The average molecular weight is 349 g/mol. The van der Waals surface area contributed by atoms with Crippen LogP contribution in [0.2, 0.25) is 0 Å². The fourth-order valence-corrected chi connectivity index (χ4v) is 4.99. The summed E-state index contributed by atoms with van der Waals surface area (Å²) in [5, 5.41) is 2.98. The fraction of sp³-hybridized carbons (Fsp3) is 0.800. The van der Waals surface area contributed by atoms with Gasteiger partial charge in [0.2, 0.25) is 0 Å². The van der Waals surface area contributed by atoms with Gasteiger partial charge < -0.3 is 14.8 Å². The number of hydrogen-bond acceptors (Lipinski definition) is 4. The second-order valence-corrected chi connectivity index (χ2v) is 8.04. The van der Waals surface area contributed by atoms with Gasteiger partial charge in [0.25, 0.3) is 0 Å². The molecule has 0 aromatic carbocycles. The second-order valence-electron chi connectivity index (χ2n) is 8.04. The van der Waals surface area contributed by atoms with Crippen molar-refractivity contribution in [1.29, 1.82) is 0 Å². The Labute approximate surface area is 150 Å². The van der Waals surface area contributed by atoms with Gasteiger partial charge in [0.05, 0.1) is 13.2 Å². The van der Waals surface area contributed by atoms with Crippen LogP contribution in [0.4, 0.5) is 4.79 Å². The van der Waals surface area contributed by atoms with Crippen molar-refractivity contribution in [1.82, 2.24) is 5.32 Å². The maximum atomic E-state index is 12.0. The summed E-state index contributed by atoms with van der Waals surface area (Å²) in [6.45, 7) is 5.16. The number of carbonyl (C=O) groups excluding carboxylic acids is 2. The molecule has 1 N–H and O–H groups in total. The summed E-state index contributed by atoms with van der Waals surface area (Å²) in [6.07, 6.45) is 10.4. The summed E-state index contributed by atoms with van der Waals surface area (Å²) in [5.74, 6) is 2.84. The van der Waals surface area contributed by atoms with Crippen LogP contribution >= 0.6 is 0 Å². The van der Waals surface area contributed by atoms with Gasteiger partial charge in [-0.3, -0.25) is 0 Å². The van der Waals surface area contributed by atoms with Gasteiger partial charge >= 0.3 is 12.1 Å². The highest BCUT2D eigenvalue weighted by Gasteiger charge is 2.41. The largest absolute Gasteiger partial charge is 0.462 e. The molecule has 3 saturated carbocycles. The zero-order valence-corrected chi connectivity index (χ0v) is 15.1. The molecule has 0 saturated heterocycles. The Kier molecular flexibility index (Phi) is 6.38. The molecule has 0 aliphatic heterocycles.